The maximum absolute atomic E-state index is 13.4. The van der Waals surface area contributed by atoms with Crippen molar-refractivity contribution >= 4 is 46.3 Å². The Balaban J connectivity index is 1.91. The number of anilines is 1. The van der Waals surface area contributed by atoms with Gasteiger partial charge in [0.1, 0.15) is 5.76 Å². The monoisotopic (exact) mass is 521 g/mol. The van der Waals surface area contributed by atoms with Gasteiger partial charge in [0.25, 0.3) is 11.7 Å². The lowest BCUT2D eigenvalue weighted by Gasteiger charge is -2.27. The van der Waals surface area contributed by atoms with Crippen LogP contribution in [0.2, 0.25) is 10.0 Å². The largest absolute Gasteiger partial charge is 0.507 e. The van der Waals surface area contributed by atoms with Gasteiger partial charge in [-0.3, -0.25) is 14.5 Å². The van der Waals surface area contributed by atoms with Gasteiger partial charge in [0.05, 0.1) is 21.7 Å². The second-order valence-electron chi connectivity index (χ2n) is 10.4. The highest BCUT2D eigenvalue weighted by atomic mass is 35.5. The maximum atomic E-state index is 13.4. The first-order valence-electron chi connectivity index (χ1n) is 11.9. The molecule has 1 N–H and O–H groups in total. The Morgan fingerprint density at radius 1 is 0.889 bits per heavy atom. The predicted molar refractivity (Wildman–Crippen MR) is 147 cm³/mol. The summed E-state index contributed by atoms with van der Waals surface area (Å²) < 4.78 is 0. The van der Waals surface area contributed by atoms with Crippen LogP contribution in [-0.2, 0) is 15.0 Å². The molecule has 0 aliphatic carbocycles. The van der Waals surface area contributed by atoms with E-state index in [2.05, 4.69) is 34.6 Å². The number of amides is 1. The standard InChI is InChI=1S/C30H29Cl2NO3/c1-17(2)18-8-13-22(14-9-18)33-26(19-6-11-21(12-7-19)30(3,4)5)25(28(35)29(33)36)27(34)20-10-15-23(31)24(32)16-20/h6-17,26,34H,1-5H3/b27-25-. The van der Waals surface area contributed by atoms with Gasteiger partial charge in [-0.05, 0) is 58.4 Å². The summed E-state index contributed by atoms with van der Waals surface area (Å²) in [6.45, 7) is 10.5. The zero-order valence-corrected chi connectivity index (χ0v) is 22.5. The summed E-state index contributed by atoms with van der Waals surface area (Å²) in [7, 11) is 0. The first-order chi connectivity index (χ1) is 16.9. The van der Waals surface area contributed by atoms with Crippen molar-refractivity contribution in [2.75, 3.05) is 4.90 Å². The molecule has 1 heterocycles. The van der Waals surface area contributed by atoms with E-state index in [0.717, 1.165) is 16.7 Å². The Bertz CT molecular complexity index is 1350. The molecule has 0 radical (unpaired) electrons. The molecular weight excluding hydrogens is 493 g/mol. The average Bonchev–Trinajstić information content (AvgIpc) is 3.10. The van der Waals surface area contributed by atoms with Gasteiger partial charge in [-0.2, -0.15) is 0 Å². The predicted octanol–water partition coefficient (Wildman–Crippen LogP) is 8.04. The van der Waals surface area contributed by atoms with Gasteiger partial charge in [-0.1, -0.05) is 94.2 Å². The molecule has 1 unspecified atom stereocenters. The van der Waals surface area contributed by atoms with E-state index in [0.29, 0.717) is 22.2 Å². The number of aliphatic hydroxyl groups excluding tert-OH is 1. The van der Waals surface area contributed by atoms with Crippen molar-refractivity contribution in [2.45, 2.75) is 52.0 Å². The molecular formula is C30H29Cl2NO3. The summed E-state index contributed by atoms with van der Waals surface area (Å²) in [6.07, 6.45) is 0. The van der Waals surface area contributed by atoms with Crippen molar-refractivity contribution in [1.82, 2.24) is 0 Å². The third-order valence-corrected chi connectivity index (χ3v) is 7.31. The van der Waals surface area contributed by atoms with Gasteiger partial charge in [-0.15, -0.1) is 0 Å². The molecule has 6 heteroatoms. The number of benzene rings is 3. The smallest absolute Gasteiger partial charge is 0.300 e. The van der Waals surface area contributed by atoms with Crippen LogP contribution < -0.4 is 4.90 Å². The average molecular weight is 522 g/mol. The lowest BCUT2D eigenvalue weighted by atomic mass is 9.85. The van der Waals surface area contributed by atoms with Crippen LogP contribution in [-0.4, -0.2) is 16.8 Å². The fraction of sp³-hybridized carbons (Fsp3) is 0.267. The zero-order chi connectivity index (χ0) is 26.4. The van der Waals surface area contributed by atoms with Crippen LogP contribution in [0.25, 0.3) is 5.76 Å². The Hall–Kier alpha value is -3.08. The Labute approximate surface area is 222 Å². The molecule has 0 spiro atoms. The Morgan fingerprint density at radius 3 is 2.03 bits per heavy atom. The zero-order valence-electron chi connectivity index (χ0n) is 21.0. The molecule has 0 bridgehead atoms. The van der Waals surface area contributed by atoms with Gasteiger partial charge >= 0.3 is 0 Å². The molecule has 1 fully saturated rings. The molecule has 1 amide bonds. The number of nitrogens with zero attached hydrogens (tertiary/aromatic N) is 1. The highest BCUT2D eigenvalue weighted by Crippen LogP contribution is 2.43. The van der Waals surface area contributed by atoms with Crippen molar-refractivity contribution in [1.29, 1.82) is 0 Å². The third-order valence-electron chi connectivity index (χ3n) is 6.57. The van der Waals surface area contributed by atoms with Crippen LogP contribution in [0.4, 0.5) is 5.69 Å². The lowest BCUT2D eigenvalue weighted by Crippen LogP contribution is -2.29. The van der Waals surface area contributed by atoms with Gasteiger partial charge in [0, 0.05) is 11.3 Å². The van der Waals surface area contributed by atoms with Gasteiger partial charge in [0.2, 0.25) is 0 Å². The van der Waals surface area contributed by atoms with Crippen molar-refractivity contribution in [3.63, 3.8) is 0 Å². The second-order valence-corrected chi connectivity index (χ2v) is 11.2. The van der Waals surface area contributed by atoms with Crippen LogP contribution in [0.3, 0.4) is 0 Å². The molecule has 1 atom stereocenters. The van der Waals surface area contributed by atoms with E-state index in [9.17, 15) is 14.7 Å². The molecule has 0 saturated carbocycles. The Kier molecular flexibility index (Phi) is 7.05. The number of halogens is 2. The molecule has 0 aromatic heterocycles. The molecule has 4 nitrogen and oxygen atoms in total. The van der Waals surface area contributed by atoms with E-state index in [1.54, 1.807) is 12.1 Å². The third kappa shape index (κ3) is 4.80. The van der Waals surface area contributed by atoms with E-state index in [-0.39, 0.29) is 21.8 Å². The minimum absolute atomic E-state index is 0.00911. The number of carbonyl (C=O) groups is 2. The molecule has 1 aliphatic rings. The summed E-state index contributed by atoms with van der Waals surface area (Å²) in [5.41, 5.74) is 3.80. The van der Waals surface area contributed by atoms with Crippen LogP contribution in [0.15, 0.2) is 72.3 Å². The summed E-state index contributed by atoms with van der Waals surface area (Å²) in [6, 6.07) is 19.2. The second kappa shape index (κ2) is 9.76. The number of rotatable bonds is 4. The molecule has 3 aromatic rings. The van der Waals surface area contributed by atoms with Crippen molar-refractivity contribution in [2.24, 2.45) is 0 Å². The first-order valence-corrected chi connectivity index (χ1v) is 12.6. The number of hydrogen-bond donors (Lipinski definition) is 1. The van der Waals surface area contributed by atoms with Crippen LogP contribution >= 0.6 is 23.2 Å². The quantitative estimate of drug-likeness (QED) is 0.214. The molecule has 36 heavy (non-hydrogen) atoms. The number of aliphatic hydroxyl groups is 1. The van der Waals surface area contributed by atoms with E-state index in [1.165, 1.54) is 11.0 Å². The number of Topliss-reactive ketones (excluding diaryl/α,β-unsaturated/α-hetero) is 1. The summed E-state index contributed by atoms with van der Waals surface area (Å²) in [5, 5.41) is 11.9. The molecule has 1 saturated heterocycles. The topological polar surface area (TPSA) is 57.6 Å². The minimum atomic E-state index is -0.807. The highest BCUT2D eigenvalue weighted by Gasteiger charge is 2.47. The lowest BCUT2D eigenvalue weighted by molar-refractivity contribution is -0.132. The number of hydrogen-bond acceptors (Lipinski definition) is 3. The normalized spacial score (nSPS) is 17.8. The minimum Gasteiger partial charge on any atom is -0.507 e. The molecule has 3 aromatic carbocycles. The number of ketones is 1. The molecule has 4 rings (SSSR count). The maximum Gasteiger partial charge on any atom is 0.300 e. The summed E-state index contributed by atoms with van der Waals surface area (Å²) in [4.78, 5) is 28.2. The SMILES string of the molecule is CC(C)c1ccc(N2C(=O)C(=O)/C(=C(\O)c3ccc(Cl)c(Cl)c3)C2c2ccc(C(C)(C)C)cc2)cc1. The van der Waals surface area contributed by atoms with Gasteiger partial charge in [-0.25, -0.2) is 0 Å². The van der Waals surface area contributed by atoms with Crippen molar-refractivity contribution < 1.29 is 14.7 Å². The van der Waals surface area contributed by atoms with Crippen molar-refractivity contribution in [3.8, 4) is 0 Å². The van der Waals surface area contributed by atoms with Gasteiger partial charge < -0.3 is 5.11 Å². The summed E-state index contributed by atoms with van der Waals surface area (Å²) in [5.74, 6) is -1.42. The van der Waals surface area contributed by atoms with Crippen LogP contribution in [0.5, 0.6) is 0 Å². The van der Waals surface area contributed by atoms with E-state index >= 15 is 0 Å². The van der Waals surface area contributed by atoms with E-state index in [1.807, 2.05) is 48.5 Å². The molecule has 186 valence electrons. The van der Waals surface area contributed by atoms with Gasteiger partial charge in [0.15, 0.2) is 0 Å². The van der Waals surface area contributed by atoms with Crippen LogP contribution in [0.1, 0.15) is 68.8 Å². The summed E-state index contributed by atoms with van der Waals surface area (Å²) >= 11 is 12.2. The number of carbonyl (C=O) groups excluding carboxylic acids is 2. The van der Waals surface area contributed by atoms with E-state index in [4.69, 9.17) is 23.2 Å². The first kappa shape index (κ1) is 26.0. The molecule has 1 aliphatic heterocycles. The highest BCUT2D eigenvalue weighted by molar-refractivity contribution is 6.51. The fourth-order valence-electron chi connectivity index (χ4n) is 4.40. The van der Waals surface area contributed by atoms with Crippen LogP contribution in [0, 0.1) is 0 Å². The van der Waals surface area contributed by atoms with Crippen molar-refractivity contribution in [3.05, 3.63) is 105 Å². The van der Waals surface area contributed by atoms with E-state index < -0.39 is 17.7 Å². The Morgan fingerprint density at radius 2 is 1.50 bits per heavy atom. The fourth-order valence-corrected chi connectivity index (χ4v) is 4.70.